The van der Waals surface area contributed by atoms with Crippen LogP contribution in [0.25, 0.3) is 11.4 Å². The second kappa shape index (κ2) is 16.8. The van der Waals surface area contributed by atoms with Gasteiger partial charge in [0, 0.05) is 31.4 Å². The normalized spacial score (nSPS) is 11.8. The molecule has 0 bridgehead atoms. The lowest BCUT2D eigenvalue weighted by Gasteiger charge is -2.36. The first kappa shape index (κ1) is 36.2. The maximum Gasteiger partial charge on any atom is 0.338 e. The zero-order chi connectivity index (χ0) is 32.2. The number of rotatable bonds is 17. The molecule has 0 atom stereocenters. The quantitative estimate of drug-likeness (QED) is 0.104. The number of carbonyl (C=O) groups excluding carboxylic acids is 3. The summed E-state index contributed by atoms with van der Waals surface area (Å²) in [5, 5.41) is 0.0457. The van der Waals surface area contributed by atoms with Crippen LogP contribution in [0.15, 0.2) is 24.4 Å². The first-order valence-electron chi connectivity index (χ1n) is 15.7. The fourth-order valence-corrected chi connectivity index (χ4v) is 5.27. The molecule has 0 fully saturated rings. The summed E-state index contributed by atoms with van der Waals surface area (Å²) in [7, 11) is -0.728. The minimum atomic E-state index is -2.02. The van der Waals surface area contributed by atoms with Gasteiger partial charge in [0.15, 0.2) is 8.32 Å². The maximum atomic E-state index is 13.8. The number of unbranched alkanes of at least 4 members (excludes halogenated alkanes) is 3. The second-order valence-electron chi connectivity index (χ2n) is 12.5. The molecule has 0 N–H and O–H groups in total. The van der Waals surface area contributed by atoms with Gasteiger partial charge in [-0.3, -0.25) is 4.79 Å². The van der Waals surface area contributed by atoms with Gasteiger partial charge in [0.05, 0.1) is 31.5 Å². The molecule has 2 rings (SSSR count). The topological polar surface area (TPSA) is 100.0 Å². The Kier molecular flexibility index (Phi) is 14.1. The van der Waals surface area contributed by atoms with Gasteiger partial charge in [-0.15, -0.1) is 0 Å². The molecule has 0 saturated heterocycles. The molecule has 1 aromatic carbocycles. The monoisotopic (exact) mass is 615 g/mol. The van der Waals surface area contributed by atoms with E-state index in [4.69, 9.17) is 18.9 Å². The molecule has 0 radical (unpaired) electrons. The van der Waals surface area contributed by atoms with Gasteiger partial charge in [0.2, 0.25) is 0 Å². The van der Waals surface area contributed by atoms with Crippen molar-refractivity contribution in [1.29, 1.82) is 0 Å². The highest BCUT2D eigenvalue weighted by Crippen LogP contribution is 2.36. The van der Waals surface area contributed by atoms with Crippen molar-refractivity contribution >= 4 is 26.2 Å². The van der Waals surface area contributed by atoms with Gasteiger partial charge in [-0.1, -0.05) is 60.8 Å². The van der Waals surface area contributed by atoms with Crippen molar-refractivity contribution in [3.05, 3.63) is 41.2 Å². The summed E-state index contributed by atoms with van der Waals surface area (Å²) in [5.41, 5.74) is 1.23. The van der Waals surface area contributed by atoms with Gasteiger partial charge < -0.3 is 23.4 Å². The van der Waals surface area contributed by atoms with E-state index in [0.717, 1.165) is 38.5 Å². The molecule has 10 heteroatoms. The summed E-state index contributed by atoms with van der Waals surface area (Å²) in [6.07, 6.45) is 7.14. The number of esters is 2. The van der Waals surface area contributed by atoms with E-state index in [2.05, 4.69) is 47.7 Å². The van der Waals surface area contributed by atoms with Crippen LogP contribution in [0.2, 0.25) is 18.1 Å². The molecular weight excluding hydrogens is 562 g/mol. The molecule has 2 aromatic rings. The molecule has 0 unspecified atom stereocenters. The number of aromatic nitrogens is 2. The Morgan fingerprint density at radius 1 is 0.930 bits per heavy atom. The SMILES string of the molecule is CCCCOC(=O)c1cc(C(=O)OC)ccc1-c1nc(C(=O)N(CCCC)CCCC)cn1CCO[Si](C)(C)C(C)(C)C. The molecule has 43 heavy (non-hydrogen) atoms. The Balaban J connectivity index is 2.62. The fraction of sp³-hybridized carbons (Fsp3) is 0.636. The lowest BCUT2D eigenvalue weighted by Crippen LogP contribution is -2.41. The predicted molar refractivity (Wildman–Crippen MR) is 173 cm³/mol. The number of imidazole rings is 1. The van der Waals surface area contributed by atoms with E-state index >= 15 is 0 Å². The number of hydrogen-bond acceptors (Lipinski definition) is 7. The number of ether oxygens (including phenoxy) is 2. The first-order valence-corrected chi connectivity index (χ1v) is 18.6. The first-order chi connectivity index (χ1) is 20.3. The summed E-state index contributed by atoms with van der Waals surface area (Å²) in [4.78, 5) is 46.1. The average Bonchev–Trinajstić information content (AvgIpc) is 3.39. The van der Waals surface area contributed by atoms with Crippen LogP contribution >= 0.6 is 0 Å². The molecule has 9 nitrogen and oxygen atoms in total. The van der Waals surface area contributed by atoms with Gasteiger partial charge in [0.1, 0.15) is 11.5 Å². The Morgan fingerprint density at radius 2 is 1.56 bits per heavy atom. The van der Waals surface area contributed by atoms with Crippen LogP contribution in [0, 0.1) is 0 Å². The van der Waals surface area contributed by atoms with Gasteiger partial charge in [-0.25, -0.2) is 14.6 Å². The van der Waals surface area contributed by atoms with E-state index in [9.17, 15) is 14.4 Å². The van der Waals surface area contributed by atoms with Crippen molar-refractivity contribution in [3.8, 4) is 11.4 Å². The number of carbonyl (C=O) groups is 3. The number of nitrogens with zero attached hydrogens (tertiary/aromatic N) is 3. The summed E-state index contributed by atoms with van der Waals surface area (Å²) in [5.74, 6) is -0.794. The van der Waals surface area contributed by atoms with Gasteiger partial charge in [0.25, 0.3) is 5.91 Å². The number of methoxy groups -OCH3 is 1. The van der Waals surface area contributed by atoms with Crippen molar-refractivity contribution in [3.63, 3.8) is 0 Å². The van der Waals surface area contributed by atoms with Crippen molar-refractivity contribution in [2.24, 2.45) is 0 Å². The van der Waals surface area contributed by atoms with Crippen molar-refractivity contribution in [1.82, 2.24) is 14.5 Å². The predicted octanol–water partition coefficient (Wildman–Crippen LogP) is 7.36. The Morgan fingerprint density at radius 3 is 2.12 bits per heavy atom. The second-order valence-corrected chi connectivity index (χ2v) is 17.3. The van der Waals surface area contributed by atoms with Gasteiger partial charge in [-0.05, 0) is 55.6 Å². The van der Waals surface area contributed by atoms with Crippen LogP contribution in [-0.2, 0) is 20.4 Å². The Bertz CT molecular complexity index is 1210. The van der Waals surface area contributed by atoms with Crippen LogP contribution in [0.5, 0.6) is 0 Å². The Hall–Kier alpha value is -2.98. The van der Waals surface area contributed by atoms with Crippen LogP contribution < -0.4 is 0 Å². The molecular formula is C33H53N3O6Si. The van der Waals surface area contributed by atoms with Crippen molar-refractivity contribution in [2.75, 3.05) is 33.4 Å². The number of amides is 1. The standard InChI is InChI=1S/C33H53N3O6Si/c1-10-13-18-35(19-14-11-2)30(37)28-24-36(20-22-42-43(8,9)33(4,5)6)29(34-28)26-17-16-25(31(38)40-7)23-27(26)32(39)41-21-15-12-3/h16-17,23-24H,10-15,18-22H2,1-9H3. The highest BCUT2D eigenvalue weighted by atomic mass is 28.4. The molecule has 0 spiro atoms. The van der Waals surface area contributed by atoms with E-state index in [1.54, 1.807) is 18.3 Å². The minimum absolute atomic E-state index is 0.0457. The lowest BCUT2D eigenvalue weighted by molar-refractivity contribution is 0.0500. The zero-order valence-corrected chi connectivity index (χ0v) is 28.9. The molecule has 0 aliphatic heterocycles. The Labute approximate surface area is 259 Å². The maximum absolute atomic E-state index is 13.8. The summed E-state index contributed by atoms with van der Waals surface area (Å²) >= 11 is 0. The molecule has 1 heterocycles. The largest absolute Gasteiger partial charge is 0.465 e. The highest BCUT2D eigenvalue weighted by Gasteiger charge is 2.37. The van der Waals surface area contributed by atoms with Crippen LogP contribution in [0.4, 0.5) is 0 Å². The van der Waals surface area contributed by atoms with E-state index < -0.39 is 20.3 Å². The summed E-state index contributed by atoms with van der Waals surface area (Å²) in [6, 6.07) is 4.76. The summed E-state index contributed by atoms with van der Waals surface area (Å²) < 4.78 is 18.8. The average molecular weight is 616 g/mol. The zero-order valence-electron chi connectivity index (χ0n) is 27.9. The fourth-order valence-electron chi connectivity index (χ4n) is 4.23. The van der Waals surface area contributed by atoms with E-state index in [1.165, 1.54) is 13.2 Å². The third-order valence-electron chi connectivity index (χ3n) is 8.08. The molecule has 1 aromatic heterocycles. The summed E-state index contributed by atoms with van der Waals surface area (Å²) in [6.45, 7) is 19.7. The van der Waals surface area contributed by atoms with Crippen LogP contribution in [0.3, 0.4) is 0 Å². The van der Waals surface area contributed by atoms with Gasteiger partial charge >= 0.3 is 11.9 Å². The van der Waals surface area contributed by atoms with E-state index in [1.807, 2.05) is 16.4 Å². The molecule has 0 aliphatic carbocycles. The molecule has 0 aliphatic rings. The third-order valence-corrected chi connectivity index (χ3v) is 12.6. The van der Waals surface area contributed by atoms with Crippen molar-refractivity contribution in [2.45, 2.75) is 105 Å². The molecule has 0 saturated carbocycles. The van der Waals surface area contributed by atoms with Crippen LogP contribution in [-0.4, -0.2) is 74.0 Å². The lowest BCUT2D eigenvalue weighted by atomic mass is 10.0. The third kappa shape index (κ3) is 10.0. The number of benzene rings is 1. The van der Waals surface area contributed by atoms with Gasteiger partial charge in [-0.2, -0.15) is 0 Å². The van der Waals surface area contributed by atoms with E-state index in [0.29, 0.717) is 43.3 Å². The molecule has 240 valence electrons. The highest BCUT2D eigenvalue weighted by molar-refractivity contribution is 6.74. The molecule has 1 amide bonds. The smallest absolute Gasteiger partial charge is 0.338 e. The number of hydrogen-bond donors (Lipinski definition) is 0. The van der Waals surface area contributed by atoms with Crippen LogP contribution in [0.1, 0.15) is 111 Å². The minimum Gasteiger partial charge on any atom is -0.465 e. The van der Waals surface area contributed by atoms with E-state index in [-0.39, 0.29) is 28.7 Å². The van der Waals surface area contributed by atoms with Crippen molar-refractivity contribution < 1.29 is 28.3 Å².